The van der Waals surface area contributed by atoms with Gasteiger partial charge in [-0.2, -0.15) is 0 Å². The maximum atomic E-state index is 6.54. The summed E-state index contributed by atoms with van der Waals surface area (Å²) in [6.45, 7) is 0. The molecule has 0 atom stereocenters. The molecule has 0 unspecified atom stereocenters. The van der Waals surface area contributed by atoms with E-state index in [4.69, 9.17) is 4.42 Å². The van der Waals surface area contributed by atoms with E-state index in [1.165, 1.54) is 54.1 Å². The van der Waals surface area contributed by atoms with Crippen LogP contribution in [-0.2, 0) is 0 Å². The van der Waals surface area contributed by atoms with Crippen molar-refractivity contribution in [3.05, 3.63) is 255 Å². The van der Waals surface area contributed by atoms with Crippen molar-refractivity contribution in [3.8, 4) is 39.1 Å². The number of hydrogen-bond donors (Lipinski definition) is 0. The van der Waals surface area contributed by atoms with Crippen molar-refractivity contribution in [2.45, 2.75) is 0 Å². The number of fused-ring (bicyclic) bond motifs is 12. The van der Waals surface area contributed by atoms with Crippen molar-refractivity contribution in [2.75, 3.05) is 4.90 Å². The molecule has 3 heteroatoms. The fourth-order valence-electron chi connectivity index (χ4n) is 11.2. The first-order valence-corrected chi connectivity index (χ1v) is 23.7. The van der Waals surface area contributed by atoms with Gasteiger partial charge in [-0.3, -0.25) is 0 Å². The lowest BCUT2D eigenvalue weighted by atomic mass is 9.91. The van der Waals surface area contributed by atoms with Crippen LogP contribution in [0.2, 0.25) is 0 Å². The van der Waals surface area contributed by atoms with Gasteiger partial charge in [-0.15, -0.1) is 0 Å². The average Bonchev–Trinajstić information content (AvgIpc) is 3.98. The second-order valence-corrected chi connectivity index (χ2v) is 17.9. The number of nitrogens with zero attached hydrogens (tertiary/aromatic N) is 2. The maximum absolute atomic E-state index is 6.54. The molecule has 14 rings (SSSR count). The molecule has 14 aromatic rings. The normalized spacial score (nSPS) is 11.8. The molecule has 0 saturated carbocycles. The van der Waals surface area contributed by atoms with Crippen molar-refractivity contribution in [3.63, 3.8) is 0 Å². The first-order chi connectivity index (χ1) is 34.3. The lowest BCUT2D eigenvalue weighted by Gasteiger charge is -2.29. The molecule has 0 fully saturated rings. The summed E-state index contributed by atoms with van der Waals surface area (Å²) in [6.07, 6.45) is 0. The second kappa shape index (κ2) is 15.7. The van der Waals surface area contributed by atoms with Crippen molar-refractivity contribution in [2.24, 2.45) is 0 Å². The van der Waals surface area contributed by atoms with E-state index in [-0.39, 0.29) is 0 Å². The Morgan fingerprint density at radius 3 is 1.43 bits per heavy atom. The molecular weight excluding hydrogens is 837 g/mol. The van der Waals surface area contributed by atoms with E-state index in [9.17, 15) is 0 Å². The molecule has 0 N–H and O–H groups in total. The van der Waals surface area contributed by atoms with Gasteiger partial charge in [-0.1, -0.05) is 200 Å². The van der Waals surface area contributed by atoms with E-state index in [2.05, 4.69) is 252 Å². The van der Waals surface area contributed by atoms with Gasteiger partial charge in [0.25, 0.3) is 0 Å². The number of benzene rings is 12. The topological polar surface area (TPSA) is 21.3 Å². The summed E-state index contributed by atoms with van der Waals surface area (Å²) in [5, 5.41) is 12.2. The van der Waals surface area contributed by atoms with Crippen LogP contribution < -0.4 is 4.90 Å². The van der Waals surface area contributed by atoms with Gasteiger partial charge in [-0.25, -0.2) is 0 Å². The smallest absolute Gasteiger partial charge is 0.143 e. The number of furan rings is 1. The summed E-state index contributed by atoms with van der Waals surface area (Å²) in [4.78, 5) is 2.44. The Balaban J connectivity index is 0.984. The summed E-state index contributed by atoms with van der Waals surface area (Å²) >= 11 is 0. The lowest BCUT2D eigenvalue weighted by molar-refractivity contribution is 0.670. The van der Waals surface area contributed by atoms with E-state index in [0.29, 0.717) is 0 Å². The van der Waals surface area contributed by atoms with Crippen molar-refractivity contribution < 1.29 is 4.42 Å². The minimum Gasteiger partial charge on any atom is -0.455 e. The Hall–Kier alpha value is -9.18. The highest BCUT2D eigenvalue weighted by Crippen LogP contribution is 2.47. The van der Waals surface area contributed by atoms with Crippen LogP contribution in [-0.4, -0.2) is 4.57 Å². The van der Waals surface area contributed by atoms with Crippen molar-refractivity contribution in [1.82, 2.24) is 4.57 Å². The third-order valence-electron chi connectivity index (χ3n) is 14.2. The molecule has 322 valence electrons. The summed E-state index contributed by atoms with van der Waals surface area (Å²) in [5.74, 6) is 0. The van der Waals surface area contributed by atoms with E-state index >= 15 is 0 Å². The molecule has 12 aromatic carbocycles. The SMILES string of the molecule is c1ccc(-c2ccccc2-n2c3ccccc3c3ccccc32)c(-c2ccccc2N(c2ccc(-c3cccc4c3oc3ccccc34)cc2)c2ccc3c4ccccc4c4ccccc4c3c2)c1. The highest BCUT2D eigenvalue weighted by Gasteiger charge is 2.23. The van der Waals surface area contributed by atoms with E-state index in [0.717, 1.165) is 78.1 Å². The van der Waals surface area contributed by atoms with Crippen LogP contribution in [0, 0.1) is 0 Å². The summed E-state index contributed by atoms with van der Waals surface area (Å²) in [7, 11) is 0. The van der Waals surface area contributed by atoms with Crippen LogP contribution in [0.4, 0.5) is 17.1 Å². The molecule has 0 aliphatic heterocycles. The molecule has 2 aromatic heterocycles. The van der Waals surface area contributed by atoms with Crippen LogP contribution >= 0.6 is 0 Å². The zero-order valence-electron chi connectivity index (χ0n) is 37.6. The molecule has 0 radical (unpaired) electrons. The fraction of sp³-hybridized carbons (Fsp3) is 0. The maximum Gasteiger partial charge on any atom is 0.143 e. The summed E-state index contributed by atoms with van der Waals surface area (Å²) in [6, 6.07) is 92.6. The van der Waals surface area contributed by atoms with Crippen molar-refractivity contribution in [1.29, 1.82) is 0 Å². The van der Waals surface area contributed by atoms with Crippen LogP contribution in [0.25, 0.3) is 115 Å². The van der Waals surface area contributed by atoms with Gasteiger partial charge >= 0.3 is 0 Å². The number of rotatable bonds is 7. The summed E-state index contributed by atoms with van der Waals surface area (Å²) < 4.78 is 8.97. The molecule has 69 heavy (non-hydrogen) atoms. The number of hydrogen-bond acceptors (Lipinski definition) is 2. The highest BCUT2D eigenvalue weighted by atomic mass is 16.3. The minimum absolute atomic E-state index is 0.897. The molecule has 2 heterocycles. The van der Waals surface area contributed by atoms with Crippen LogP contribution in [0.15, 0.2) is 259 Å². The first kappa shape index (κ1) is 39.0. The molecule has 0 bridgehead atoms. The zero-order valence-corrected chi connectivity index (χ0v) is 37.6. The van der Waals surface area contributed by atoms with E-state index < -0.39 is 0 Å². The molecule has 0 spiro atoms. The Labute approximate surface area is 399 Å². The Bertz CT molecular complexity index is 4240. The monoisotopic (exact) mass is 878 g/mol. The van der Waals surface area contributed by atoms with Gasteiger partial charge in [0.15, 0.2) is 0 Å². The molecule has 0 amide bonds. The molecular formula is C66H42N2O. The van der Waals surface area contributed by atoms with Crippen LogP contribution in [0.1, 0.15) is 0 Å². The molecule has 0 aliphatic rings. The van der Waals surface area contributed by atoms with Gasteiger partial charge in [-0.05, 0) is 104 Å². The van der Waals surface area contributed by atoms with Gasteiger partial charge in [0, 0.05) is 49.6 Å². The second-order valence-electron chi connectivity index (χ2n) is 17.9. The van der Waals surface area contributed by atoms with E-state index in [1.807, 2.05) is 12.1 Å². The predicted octanol–water partition coefficient (Wildman–Crippen LogP) is 18.6. The van der Waals surface area contributed by atoms with Crippen molar-refractivity contribution >= 4 is 93.1 Å². The molecule has 0 aliphatic carbocycles. The summed E-state index contributed by atoms with van der Waals surface area (Å²) in [5.41, 5.74) is 15.3. The van der Waals surface area contributed by atoms with E-state index in [1.54, 1.807) is 0 Å². The minimum atomic E-state index is 0.897. The Morgan fingerprint density at radius 2 is 0.754 bits per heavy atom. The first-order valence-electron chi connectivity index (χ1n) is 23.7. The average molecular weight is 879 g/mol. The fourth-order valence-corrected chi connectivity index (χ4v) is 11.2. The van der Waals surface area contributed by atoms with Crippen LogP contribution in [0.3, 0.4) is 0 Å². The third-order valence-corrected chi connectivity index (χ3v) is 14.2. The highest BCUT2D eigenvalue weighted by molar-refractivity contribution is 6.26. The zero-order chi connectivity index (χ0) is 45.4. The van der Waals surface area contributed by atoms with Gasteiger partial charge in [0.1, 0.15) is 11.2 Å². The number of anilines is 3. The Morgan fingerprint density at radius 1 is 0.290 bits per heavy atom. The number of para-hydroxylation sites is 6. The third kappa shape index (κ3) is 6.14. The predicted molar refractivity (Wildman–Crippen MR) is 292 cm³/mol. The lowest BCUT2D eigenvalue weighted by Crippen LogP contribution is -2.11. The van der Waals surface area contributed by atoms with Gasteiger partial charge in [0.05, 0.1) is 22.4 Å². The molecule has 0 saturated heterocycles. The van der Waals surface area contributed by atoms with Crippen LogP contribution in [0.5, 0.6) is 0 Å². The van der Waals surface area contributed by atoms with Gasteiger partial charge in [0.2, 0.25) is 0 Å². The van der Waals surface area contributed by atoms with Gasteiger partial charge < -0.3 is 13.9 Å². The molecule has 3 nitrogen and oxygen atoms in total. The number of aromatic nitrogens is 1. The largest absolute Gasteiger partial charge is 0.455 e. The standard InChI is InChI=1S/C66H42N2O/c1-2-20-49-47(18-1)48-19-3-6-23-52(48)60-42-45(40-41-53(49)60)67(44-38-36-43(37-39-44)46-29-17-30-59-58-28-11-16-35-65(58)69-66(46)59)61-31-12-7-24-54(61)50-21-4-5-22-51(50)55-25-8-13-32-62(55)68-63-33-14-9-26-56(63)57-27-10-15-34-64(57)68/h1-42H. The Kier molecular flexibility index (Phi) is 8.90. The quantitative estimate of drug-likeness (QED) is 0.149.